The Morgan fingerprint density at radius 2 is 1.71 bits per heavy atom. The highest BCUT2D eigenvalue weighted by atomic mass is 32.2. The Kier molecular flexibility index (Phi) is 4.96. The molecule has 2 amide bonds. The molecular weight excluding hydrogens is 465 g/mol. The smallest absolute Gasteiger partial charge is 0.323 e. The minimum atomic E-state index is -4.52. The lowest BCUT2D eigenvalue weighted by molar-refractivity contribution is -0.145. The largest absolute Gasteiger partial charge is 0.453 e. The van der Waals surface area contributed by atoms with E-state index < -0.39 is 12.0 Å². The Labute approximate surface area is 200 Å². The lowest BCUT2D eigenvalue weighted by Crippen LogP contribution is -2.71. The monoisotopic (exact) mass is 492 g/mol. The number of likely N-dealkylation sites (tertiary alicyclic amines) is 2. The maximum Gasteiger partial charge on any atom is 0.453 e. The summed E-state index contributed by atoms with van der Waals surface area (Å²) in [5, 5.41) is 3.59. The van der Waals surface area contributed by atoms with Gasteiger partial charge in [0, 0.05) is 53.8 Å². The van der Waals surface area contributed by atoms with Gasteiger partial charge in [0.05, 0.1) is 6.04 Å². The fourth-order valence-corrected chi connectivity index (χ4v) is 6.84. The van der Waals surface area contributed by atoms with Gasteiger partial charge in [0.15, 0.2) is 0 Å². The number of thioether (sulfide) groups is 1. The molecule has 34 heavy (non-hydrogen) atoms. The number of aromatic nitrogens is 4. The third-order valence-corrected chi connectivity index (χ3v) is 8.81. The van der Waals surface area contributed by atoms with Gasteiger partial charge >= 0.3 is 12.2 Å². The number of amides is 2. The van der Waals surface area contributed by atoms with Gasteiger partial charge in [-0.3, -0.25) is 4.98 Å². The fourth-order valence-electron chi connectivity index (χ4n) is 6.48. The zero-order chi connectivity index (χ0) is 23.7. The lowest BCUT2D eigenvalue weighted by Gasteiger charge is -2.63. The molecule has 0 bridgehead atoms. The first-order chi connectivity index (χ1) is 16.2. The first-order valence-corrected chi connectivity index (χ1v) is 12.9. The van der Waals surface area contributed by atoms with E-state index in [-0.39, 0.29) is 17.5 Å². The maximum atomic E-state index is 12.8. The van der Waals surface area contributed by atoms with Gasteiger partial charge in [-0.25, -0.2) is 14.5 Å². The number of carbonyl (C=O) groups is 1. The summed E-state index contributed by atoms with van der Waals surface area (Å²) in [6.45, 7) is 3.05. The Morgan fingerprint density at radius 1 is 1.06 bits per heavy atom. The van der Waals surface area contributed by atoms with E-state index in [1.165, 1.54) is 15.9 Å². The Balaban J connectivity index is 0.926. The van der Waals surface area contributed by atoms with E-state index >= 15 is 0 Å². The number of urea groups is 1. The summed E-state index contributed by atoms with van der Waals surface area (Å²) in [5.74, 6) is -0.438. The number of rotatable bonds is 4. The minimum absolute atomic E-state index is 0.0353. The van der Waals surface area contributed by atoms with Crippen molar-refractivity contribution in [3.8, 4) is 0 Å². The average molecular weight is 493 g/mol. The second kappa shape index (κ2) is 7.60. The van der Waals surface area contributed by atoms with Crippen LogP contribution in [-0.2, 0) is 12.6 Å². The number of halogens is 3. The Hall–Kier alpha value is -2.30. The Morgan fingerprint density at radius 3 is 2.24 bits per heavy atom. The molecular formula is C23H27F3N6OS. The molecule has 0 radical (unpaired) electrons. The minimum Gasteiger partial charge on any atom is -0.323 e. The predicted octanol–water partition coefficient (Wildman–Crippen LogP) is 4.13. The van der Waals surface area contributed by atoms with Crippen molar-refractivity contribution in [2.24, 2.45) is 16.7 Å². The summed E-state index contributed by atoms with van der Waals surface area (Å²) in [7, 11) is 0. The van der Waals surface area contributed by atoms with Crippen molar-refractivity contribution < 1.29 is 18.0 Å². The molecule has 11 heteroatoms. The van der Waals surface area contributed by atoms with Gasteiger partial charge in [-0.05, 0) is 56.4 Å². The molecule has 0 unspecified atom stereocenters. The molecule has 2 aromatic heterocycles. The molecule has 4 heterocycles. The highest BCUT2D eigenvalue weighted by Crippen LogP contribution is 2.56. The van der Waals surface area contributed by atoms with Crippen molar-refractivity contribution in [3.05, 3.63) is 36.2 Å². The molecule has 2 spiro atoms. The molecule has 182 valence electrons. The van der Waals surface area contributed by atoms with Crippen molar-refractivity contribution in [2.75, 3.05) is 32.4 Å². The van der Waals surface area contributed by atoms with Crippen LogP contribution in [0.2, 0.25) is 0 Å². The molecule has 0 atom stereocenters. The molecule has 2 aliphatic heterocycles. The zero-order valence-corrected chi connectivity index (χ0v) is 19.8. The normalized spacial score (nSPS) is 23.4. The van der Waals surface area contributed by atoms with E-state index in [0.29, 0.717) is 24.4 Å². The van der Waals surface area contributed by atoms with Crippen molar-refractivity contribution in [1.82, 2.24) is 29.5 Å². The molecule has 2 aliphatic carbocycles. The van der Waals surface area contributed by atoms with Crippen LogP contribution in [0.25, 0.3) is 0 Å². The molecule has 2 saturated heterocycles. The third-order valence-electron chi connectivity index (χ3n) is 8.09. The number of alkyl halides is 3. The first kappa shape index (κ1) is 22.2. The van der Waals surface area contributed by atoms with Crippen molar-refractivity contribution in [3.63, 3.8) is 0 Å². The number of hydrogen-bond donors (Lipinski definition) is 0. The van der Waals surface area contributed by atoms with E-state index in [1.807, 2.05) is 22.3 Å². The van der Waals surface area contributed by atoms with Crippen LogP contribution in [0.4, 0.5) is 18.0 Å². The standard InChI is InChI=1S/C23H27F3N6OS/c1-34-18-3-2-16(27-9-18)4-15-5-21(6-15)10-30(11-21)20(33)31-12-22(13-31)7-17(8-22)32-14-28-19(29-32)23(24,25)26/h2-3,9,14-15,17H,4-8,10-13H2,1H3. The summed E-state index contributed by atoms with van der Waals surface area (Å²) in [6.07, 6.45) is 5.46. The molecule has 2 aromatic rings. The predicted molar refractivity (Wildman–Crippen MR) is 119 cm³/mol. The van der Waals surface area contributed by atoms with Crippen LogP contribution in [0.5, 0.6) is 0 Å². The van der Waals surface area contributed by atoms with Gasteiger partial charge < -0.3 is 9.80 Å². The molecule has 0 aromatic carbocycles. The van der Waals surface area contributed by atoms with Gasteiger partial charge in [-0.2, -0.15) is 13.2 Å². The van der Waals surface area contributed by atoms with Gasteiger partial charge in [-0.15, -0.1) is 16.9 Å². The van der Waals surface area contributed by atoms with E-state index in [1.54, 1.807) is 11.8 Å². The van der Waals surface area contributed by atoms with Crippen molar-refractivity contribution in [1.29, 1.82) is 0 Å². The molecule has 7 nitrogen and oxygen atoms in total. The number of hydrogen-bond acceptors (Lipinski definition) is 5. The molecule has 2 saturated carbocycles. The third kappa shape index (κ3) is 3.76. The lowest BCUT2D eigenvalue weighted by atomic mass is 9.56. The summed E-state index contributed by atoms with van der Waals surface area (Å²) >= 11 is 1.70. The summed E-state index contributed by atoms with van der Waals surface area (Å²) in [5.41, 5.74) is 1.48. The highest BCUT2D eigenvalue weighted by molar-refractivity contribution is 7.98. The van der Waals surface area contributed by atoms with Crippen LogP contribution in [0.1, 0.15) is 43.2 Å². The van der Waals surface area contributed by atoms with E-state index in [0.717, 1.165) is 50.9 Å². The van der Waals surface area contributed by atoms with Crippen molar-refractivity contribution in [2.45, 2.75) is 49.2 Å². The van der Waals surface area contributed by atoms with Crippen LogP contribution in [-0.4, -0.2) is 68.0 Å². The highest BCUT2D eigenvalue weighted by Gasteiger charge is 2.58. The molecule has 4 fully saturated rings. The first-order valence-electron chi connectivity index (χ1n) is 11.7. The second-order valence-corrected chi connectivity index (χ2v) is 11.7. The van der Waals surface area contributed by atoms with Gasteiger partial charge in [0.2, 0.25) is 0 Å². The van der Waals surface area contributed by atoms with Crippen LogP contribution in [0.15, 0.2) is 29.6 Å². The summed E-state index contributed by atoms with van der Waals surface area (Å²) in [4.78, 5) is 25.8. The topological polar surface area (TPSA) is 67.2 Å². The number of pyridine rings is 1. The van der Waals surface area contributed by atoms with E-state index in [2.05, 4.69) is 27.2 Å². The number of carbonyl (C=O) groups excluding carboxylic acids is 1. The zero-order valence-electron chi connectivity index (χ0n) is 19.0. The van der Waals surface area contributed by atoms with Crippen molar-refractivity contribution >= 4 is 17.8 Å². The van der Waals surface area contributed by atoms with Crippen LogP contribution in [0, 0.1) is 16.7 Å². The quantitative estimate of drug-likeness (QED) is 0.601. The molecule has 6 rings (SSSR count). The fraction of sp³-hybridized carbons (Fsp3) is 0.652. The van der Waals surface area contributed by atoms with Crippen LogP contribution >= 0.6 is 11.8 Å². The summed E-state index contributed by atoms with van der Waals surface area (Å²) < 4.78 is 39.5. The maximum absolute atomic E-state index is 12.8. The van der Waals surface area contributed by atoms with Crippen LogP contribution < -0.4 is 0 Å². The SMILES string of the molecule is CSc1ccc(CC2CC3(C2)CN(C(=O)N2CC4(CC(n5cnc(C(F)(F)F)n5)C4)C2)C3)nc1. The van der Waals surface area contributed by atoms with Crippen LogP contribution in [0.3, 0.4) is 0 Å². The number of nitrogens with zero attached hydrogens (tertiary/aromatic N) is 6. The van der Waals surface area contributed by atoms with Gasteiger partial charge in [0.25, 0.3) is 5.82 Å². The van der Waals surface area contributed by atoms with E-state index in [9.17, 15) is 18.0 Å². The Bertz CT molecular complexity index is 1070. The van der Waals surface area contributed by atoms with E-state index in [4.69, 9.17) is 0 Å². The molecule has 4 aliphatic rings. The molecule has 0 N–H and O–H groups in total. The van der Waals surface area contributed by atoms with Gasteiger partial charge in [0.1, 0.15) is 6.33 Å². The average Bonchev–Trinajstić information content (AvgIpc) is 3.17. The summed E-state index contributed by atoms with van der Waals surface area (Å²) in [6, 6.07) is 4.29. The second-order valence-electron chi connectivity index (χ2n) is 10.8. The van der Waals surface area contributed by atoms with Gasteiger partial charge in [-0.1, -0.05) is 0 Å².